The lowest BCUT2D eigenvalue weighted by Crippen LogP contribution is -2.30. The third-order valence-corrected chi connectivity index (χ3v) is 6.63. The molecule has 0 bridgehead atoms. The van der Waals surface area contributed by atoms with E-state index in [1.807, 2.05) is 16.9 Å². The number of rotatable bonds is 7. The monoisotopic (exact) mass is 424 g/mol. The summed E-state index contributed by atoms with van der Waals surface area (Å²) >= 11 is 0. The van der Waals surface area contributed by atoms with Crippen LogP contribution in [0.4, 0.5) is 5.82 Å². The smallest absolute Gasteiger partial charge is 0.260 e. The number of nitrogen functional groups attached to an aromatic ring is 1. The van der Waals surface area contributed by atoms with Gasteiger partial charge in [0.1, 0.15) is 17.1 Å². The Bertz CT molecular complexity index is 949. The lowest BCUT2D eigenvalue weighted by atomic mass is 9.95. The van der Waals surface area contributed by atoms with Gasteiger partial charge in [0.15, 0.2) is 0 Å². The van der Waals surface area contributed by atoms with Crippen LogP contribution >= 0.6 is 0 Å². The summed E-state index contributed by atoms with van der Waals surface area (Å²) in [6.45, 7) is 8.85. The average molecular weight is 425 g/mol. The van der Waals surface area contributed by atoms with Crippen molar-refractivity contribution in [3.05, 3.63) is 48.1 Å². The quantitative estimate of drug-likeness (QED) is 0.709. The number of anilines is 1. The molecule has 1 saturated heterocycles. The van der Waals surface area contributed by atoms with Gasteiger partial charge in [0, 0.05) is 49.2 Å². The van der Waals surface area contributed by atoms with Gasteiger partial charge >= 0.3 is 0 Å². The number of nitrogens with one attached hydrogen (secondary N) is 1. The Labute approximate surface area is 183 Å². The van der Waals surface area contributed by atoms with Crippen LogP contribution in [0.5, 0.6) is 5.75 Å². The number of hydrogen-bond donors (Lipinski definition) is 2. The van der Waals surface area contributed by atoms with E-state index in [-0.39, 0.29) is 11.8 Å². The molecule has 0 radical (unpaired) electrons. The molecule has 3 heterocycles. The largest absolute Gasteiger partial charge is 0.496 e. The summed E-state index contributed by atoms with van der Waals surface area (Å²) in [6.07, 6.45) is 9.66. The van der Waals surface area contributed by atoms with Crippen molar-refractivity contribution in [1.29, 1.82) is 0 Å². The van der Waals surface area contributed by atoms with Gasteiger partial charge < -0.3 is 15.8 Å². The number of amides is 1. The first kappa shape index (κ1) is 21.4. The van der Waals surface area contributed by atoms with E-state index >= 15 is 0 Å². The second kappa shape index (κ2) is 9.09. The van der Waals surface area contributed by atoms with Gasteiger partial charge in [-0.2, -0.15) is 5.10 Å². The van der Waals surface area contributed by atoms with Gasteiger partial charge in [-0.05, 0) is 24.8 Å². The van der Waals surface area contributed by atoms with Crippen LogP contribution in [0.2, 0.25) is 0 Å². The maximum Gasteiger partial charge on any atom is 0.260 e. The van der Waals surface area contributed by atoms with Crippen molar-refractivity contribution in [1.82, 2.24) is 25.0 Å². The number of aromatic nitrogens is 3. The van der Waals surface area contributed by atoms with Crippen molar-refractivity contribution < 1.29 is 9.53 Å². The Hall–Kier alpha value is -2.87. The molecule has 1 saturated carbocycles. The van der Waals surface area contributed by atoms with E-state index in [0.717, 1.165) is 49.5 Å². The molecule has 2 aromatic heterocycles. The molecule has 0 unspecified atom stereocenters. The number of carbonyl (C=O) groups excluding carboxylic acids is 1. The number of ether oxygens (including phenoxy) is 1. The molecule has 8 nitrogen and oxygen atoms in total. The van der Waals surface area contributed by atoms with Crippen molar-refractivity contribution in [2.24, 2.45) is 11.8 Å². The molecule has 31 heavy (non-hydrogen) atoms. The highest BCUT2D eigenvalue weighted by molar-refractivity contribution is 5.99. The zero-order valence-corrected chi connectivity index (χ0v) is 18.4. The summed E-state index contributed by atoms with van der Waals surface area (Å²) in [5, 5.41) is 7.38. The molecule has 166 valence electrons. The van der Waals surface area contributed by atoms with Gasteiger partial charge in [-0.3, -0.25) is 14.7 Å². The molecule has 4 rings (SSSR count). The van der Waals surface area contributed by atoms with Gasteiger partial charge in [0.05, 0.1) is 19.3 Å². The number of methoxy groups -OCH3 is 1. The SMILES string of the molecule is C=C(NC(=O)c1cnn(C2CCCC2)c1N)[C@@H]1CN(Cc2cnccc2OC)C[C@H]1C. The van der Waals surface area contributed by atoms with E-state index in [2.05, 4.69) is 33.8 Å². The molecule has 1 aliphatic heterocycles. The Morgan fingerprint density at radius 3 is 2.84 bits per heavy atom. The molecule has 8 heteroatoms. The number of hydrogen-bond acceptors (Lipinski definition) is 6. The van der Waals surface area contributed by atoms with Crippen LogP contribution < -0.4 is 15.8 Å². The first-order valence-corrected chi connectivity index (χ1v) is 11.0. The van der Waals surface area contributed by atoms with Crippen molar-refractivity contribution in [2.75, 3.05) is 25.9 Å². The fourth-order valence-corrected chi connectivity index (χ4v) is 4.92. The van der Waals surface area contributed by atoms with Crippen molar-refractivity contribution in [3.63, 3.8) is 0 Å². The fourth-order valence-electron chi connectivity index (χ4n) is 4.92. The molecular formula is C23H32N6O2. The van der Waals surface area contributed by atoms with Gasteiger partial charge in [-0.25, -0.2) is 4.68 Å². The lowest BCUT2D eigenvalue weighted by molar-refractivity contribution is 0.0961. The summed E-state index contributed by atoms with van der Waals surface area (Å²) in [7, 11) is 1.67. The van der Waals surface area contributed by atoms with Crippen LogP contribution in [-0.2, 0) is 6.54 Å². The van der Waals surface area contributed by atoms with Crippen LogP contribution in [0.25, 0.3) is 0 Å². The number of carbonyl (C=O) groups is 1. The summed E-state index contributed by atoms with van der Waals surface area (Å²) in [5.74, 6) is 1.59. The number of nitrogens with zero attached hydrogens (tertiary/aromatic N) is 4. The standard InChI is InChI=1S/C23H32N6O2/c1-15-12-28(13-17-10-25-9-8-21(17)31-3)14-20(15)16(2)27-23(30)19-11-26-29(22(19)24)18-6-4-5-7-18/h8-11,15,18,20H,2,4-7,12-14,24H2,1,3H3,(H,27,30)/t15-,20-/m1/s1. The van der Waals surface area contributed by atoms with E-state index in [4.69, 9.17) is 10.5 Å². The zero-order valence-electron chi connectivity index (χ0n) is 18.4. The molecule has 2 aliphatic rings. The van der Waals surface area contributed by atoms with E-state index in [1.54, 1.807) is 19.5 Å². The summed E-state index contributed by atoms with van der Waals surface area (Å²) < 4.78 is 7.26. The minimum absolute atomic E-state index is 0.165. The number of nitrogens with two attached hydrogens (primary N) is 1. The van der Waals surface area contributed by atoms with Gasteiger partial charge in [0.25, 0.3) is 5.91 Å². The van der Waals surface area contributed by atoms with Gasteiger partial charge in [0.2, 0.25) is 0 Å². The highest BCUT2D eigenvalue weighted by Crippen LogP contribution is 2.32. The summed E-state index contributed by atoms with van der Waals surface area (Å²) in [6, 6.07) is 2.18. The third-order valence-electron chi connectivity index (χ3n) is 6.63. The Morgan fingerprint density at radius 1 is 1.32 bits per heavy atom. The second-order valence-corrected chi connectivity index (χ2v) is 8.77. The maximum atomic E-state index is 12.9. The molecular weight excluding hydrogens is 392 g/mol. The Kier molecular flexibility index (Phi) is 6.27. The summed E-state index contributed by atoms with van der Waals surface area (Å²) in [4.78, 5) is 19.4. The Balaban J connectivity index is 1.38. The molecule has 0 spiro atoms. The van der Waals surface area contributed by atoms with Crippen LogP contribution in [0.1, 0.15) is 54.6 Å². The first-order valence-electron chi connectivity index (χ1n) is 11.0. The minimum atomic E-state index is -0.230. The van der Waals surface area contributed by atoms with E-state index in [1.165, 1.54) is 12.8 Å². The highest BCUT2D eigenvalue weighted by atomic mass is 16.5. The van der Waals surface area contributed by atoms with Gasteiger partial charge in [-0.15, -0.1) is 0 Å². The second-order valence-electron chi connectivity index (χ2n) is 8.77. The normalized spacial score (nSPS) is 22.0. The van der Waals surface area contributed by atoms with Crippen molar-refractivity contribution in [2.45, 2.75) is 45.2 Å². The van der Waals surface area contributed by atoms with E-state index in [0.29, 0.717) is 23.3 Å². The van der Waals surface area contributed by atoms with Crippen LogP contribution in [-0.4, -0.2) is 45.8 Å². The molecule has 0 aromatic carbocycles. The van der Waals surface area contributed by atoms with Crippen LogP contribution in [0.3, 0.4) is 0 Å². The predicted molar refractivity (Wildman–Crippen MR) is 119 cm³/mol. The molecule has 2 fully saturated rings. The molecule has 1 amide bonds. The van der Waals surface area contributed by atoms with Gasteiger partial charge in [-0.1, -0.05) is 26.3 Å². The van der Waals surface area contributed by atoms with Crippen LogP contribution in [0.15, 0.2) is 36.9 Å². The maximum absolute atomic E-state index is 12.9. The zero-order chi connectivity index (χ0) is 22.0. The highest BCUT2D eigenvalue weighted by Gasteiger charge is 2.33. The Morgan fingerprint density at radius 2 is 2.10 bits per heavy atom. The lowest BCUT2D eigenvalue weighted by Gasteiger charge is -2.19. The fraction of sp³-hybridized carbons (Fsp3) is 0.522. The third kappa shape index (κ3) is 4.44. The average Bonchev–Trinajstić information content (AvgIpc) is 3.48. The van der Waals surface area contributed by atoms with Crippen molar-refractivity contribution >= 4 is 11.7 Å². The van der Waals surface area contributed by atoms with Crippen molar-refractivity contribution in [3.8, 4) is 5.75 Å². The number of likely N-dealkylation sites (tertiary alicyclic amines) is 1. The topological polar surface area (TPSA) is 98.3 Å². The van der Waals surface area contributed by atoms with E-state index < -0.39 is 0 Å². The van der Waals surface area contributed by atoms with E-state index in [9.17, 15) is 4.79 Å². The van der Waals surface area contributed by atoms with Crippen LogP contribution in [0, 0.1) is 11.8 Å². The molecule has 2 aromatic rings. The minimum Gasteiger partial charge on any atom is -0.496 e. The first-order chi connectivity index (χ1) is 15.0. The predicted octanol–water partition coefficient (Wildman–Crippen LogP) is 3.00. The molecule has 1 aliphatic carbocycles. The summed E-state index contributed by atoms with van der Waals surface area (Å²) in [5.41, 5.74) is 8.47. The number of pyridine rings is 1. The molecule has 3 N–H and O–H groups in total. The molecule has 2 atom stereocenters.